The van der Waals surface area contributed by atoms with Gasteiger partial charge in [0.2, 0.25) is 12.1 Å². The summed E-state index contributed by atoms with van der Waals surface area (Å²) in [6, 6.07) is 0. The lowest BCUT2D eigenvalue weighted by Crippen LogP contribution is -3.18. The van der Waals surface area contributed by atoms with Crippen LogP contribution in [0.2, 0.25) is 0 Å². The summed E-state index contributed by atoms with van der Waals surface area (Å²) in [5.41, 5.74) is 5.29. The molecule has 2 unspecified atom stereocenters. The normalized spacial score (nSPS) is 39.8. The number of carbonyl (C=O) groups excluding carboxylic acids is 1. The number of phosphoric acid groups is 1. The topological polar surface area (TPSA) is 170 Å². The highest BCUT2D eigenvalue weighted by Gasteiger charge is 2.49. The van der Waals surface area contributed by atoms with Gasteiger partial charge in [-0.15, -0.1) is 0 Å². The van der Waals surface area contributed by atoms with Gasteiger partial charge in [0.1, 0.15) is 12.2 Å². The van der Waals surface area contributed by atoms with Crippen molar-refractivity contribution in [2.24, 2.45) is 11.7 Å². The maximum absolute atomic E-state index is 11.3. The van der Waals surface area contributed by atoms with E-state index < -0.39 is 44.9 Å². The maximum Gasteiger partial charge on any atom is 0.226 e. The summed E-state index contributed by atoms with van der Waals surface area (Å²) in [6.45, 7) is 0.317. The molecule has 2 saturated heterocycles. The first-order valence-corrected chi connectivity index (χ1v) is 8.47. The molecule has 0 aromatic rings. The zero-order valence-corrected chi connectivity index (χ0v) is 12.7. The lowest BCUT2D eigenvalue weighted by atomic mass is 9.96. The van der Waals surface area contributed by atoms with Gasteiger partial charge < -0.3 is 44.5 Å². The van der Waals surface area contributed by atoms with Crippen LogP contribution >= 0.6 is 7.82 Å². The molecule has 2 aliphatic rings. The van der Waals surface area contributed by atoms with Crippen molar-refractivity contribution in [1.82, 2.24) is 0 Å². The summed E-state index contributed by atoms with van der Waals surface area (Å²) in [7, 11) is -5.18. The number of amides is 1. The second kappa shape index (κ2) is 6.90. The third kappa shape index (κ3) is 4.24. The molecular weight excluding hydrogens is 319 g/mol. The van der Waals surface area contributed by atoms with E-state index in [0.29, 0.717) is 25.9 Å². The molecule has 0 aromatic carbocycles. The zero-order chi connectivity index (χ0) is 16.5. The van der Waals surface area contributed by atoms with Crippen LogP contribution in [0, 0.1) is 5.92 Å². The summed E-state index contributed by atoms with van der Waals surface area (Å²) in [5.74, 6) is -0.765. The lowest BCUT2D eigenvalue weighted by molar-refractivity contribution is -0.956. The minimum Gasteiger partial charge on any atom is -0.790 e. The van der Waals surface area contributed by atoms with Crippen LogP contribution in [0.3, 0.4) is 0 Å². The Kier molecular flexibility index (Phi) is 5.57. The van der Waals surface area contributed by atoms with E-state index in [2.05, 4.69) is 4.52 Å². The van der Waals surface area contributed by atoms with Crippen LogP contribution in [0.15, 0.2) is 0 Å². The molecule has 0 radical (unpaired) electrons. The van der Waals surface area contributed by atoms with Gasteiger partial charge in [-0.3, -0.25) is 4.79 Å². The Morgan fingerprint density at radius 2 is 2.09 bits per heavy atom. The molecule has 6 atom stereocenters. The summed E-state index contributed by atoms with van der Waals surface area (Å²) >= 11 is 0. The van der Waals surface area contributed by atoms with Crippen LogP contribution in [0.25, 0.3) is 0 Å². The van der Waals surface area contributed by atoms with Gasteiger partial charge in [0.05, 0.1) is 33.4 Å². The molecule has 0 aromatic heterocycles. The highest BCUT2D eigenvalue weighted by molar-refractivity contribution is 7.43. The van der Waals surface area contributed by atoms with E-state index in [0.717, 1.165) is 4.90 Å². The number of primary amides is 1. The molecular formula is C11H20N2O8P-. The molecule has 0 bridgehead atoms. The van der Waals surface area contributed by atoms with E-state index in [4.69, 9.17) is 10.5 Å². The van der Waals surface area contributed by atoms with Crippen LogP contribution in [-0.4, -0.2) is 60.4 Å². The Morgan fingerprint density at radius 1 is 1.41 bits per heavy atom. The number of likely N-dealkylation sites (tertiary alicyclic amines) is 1. The number of aliphatic hydroxyl groups is 2. The lowest BCUT2D eigenvalue weighted by Gasteiger charge is -2.33. The Morgan fingerprint density at radius 3 is 2.68 bits per heavy atom. The van der Waals surface area contributed by atoms with Gasteiger partial charge in [-0.2, -0.15) is 0 Å². The van der Waals surface area contributed by atoms with Gasteiger partial charge in [0.15, 0.2) is 6.10 Å². The van der Waals surface area contributed by atoms with E-state index >= 15 is 0 Å². The molecule has 2 rings (SSSR count). The summed E-state index contributed by atoms with van der Waals surface area (Å²) in [6.07, 6.45) is -3.23. The van der Waals surface area contributed by atoms with Crippen molar-refractivity contribution < 1.29 is 43.5 Å². The van der Waals surface area contributed by atoms with Crippen LogP contribution in [0.1, 0.15) is 12.8 Å². The fraction of sp³-hybridized carbons (Fsp3) is 0.909. The SMILES string of the molecule is NC(=O)C1CCC[NH+]([C@H]2O[C@H](COP(=O)([O-])[O-])[C@@H](O)[C@H]2O)C1. The molecule has 0 aliphatic carbocycles. The van der Waals surface area contributed by atoms with Crippen molar-refractivity contribution in [3.05, 3.63) is 0 Å². The zero-order valence-electron chi connectivity index (χ0n) is 11.8. The number of nitrogens with two attached hydrogens (primary N) is 1. The second-order valence-corrected chi connectivity index (χ2v) is 6.83. The average molecular weight is 339 g/mol. The molecule has 22 heavy (non-hydrogen) atoms. The first kappa shape index (κ1) is 17.8. The molecule has 1 amide bonds. The fourth-order valence-electron chi connectivity index (χ4n) is 2.99. The average Bonchev–Trinajstić information content (AvgIpc) is 2.72. The van der Waals surface area contributed by atoms with Crippen LogP contribution in [0.5, 0.6) is 0 Å². The Bertz CT molecular complexity index is 457. The van der Waals surface area contributed by atoms with E-state index in [1.54, 1.807) is 0 Å². The monoisotopic (exact) mass is 339 g/mol. The molecule has 11 heteroatoms. The minimum absolute atomic E-state index is 0.338. The van der Waals surface area contributed by atoms with Crippen molar-refractivity contribution >= 4 is 13.7 Å². The van der Waals surface area contributed by atoms with Gasteiger partial charge >= 0.3 is 0 Å². The van der Waals surface area contributed by atoms with Gasteiger partial charge in [-0.25, -0.2) is 0 Å². The fourth-order valence-corrected chi connectivity index (χ4v) is 3.32. The van der Waals surface area contributed by atoms with Crippen LogP contribution in [-0.2, 0) is 18.6 Å². The van der Waals surface area contributed by atoms with E-state index in [-0.39, 0.29) is 5.92 Å². The van der Waals surface area contributed by atoms with Crippen molar-refractivity contribution in [2.45, 2.75) is 37.4 Å². The third-order valence-corrected chi connectivity index (χ3v) is 4.59. The Hall–Kier alpha value is -0.580. The number of phosphoric ester groups is 1. The Balaban J connectivity index is 1.97. The van der Waals surface area contributed by atoms with Crippen LogP contribution in [0.4, 0.5) is 0 Å². The van der Waals surface area contributed by atoms with Crippen molar-refractivity contribution in [2.75, 3.05) is 19.7 Å². The highest BCUT2D eigenvalue weighted by atomic mass is 31.2. The molecule has 2 heterocycles. The van der Waals surface area contributed by atoms with Gasteiger partial charge in [0.25, 0.3) is 0 Å². The summed E-state index contributed by atoms with van der Waals surface area (Å²) < 4.78 is 20.0. The standard InChI is InChI=1S/C11H21N2O8P/c12-10(16)6-2-1-3-13(4-6)11-9(15)8(14)7(21-11)5-20-22(17,18)19/h6-9,11,14-15H,1-5H2,(H2,12,16)(H2,17,18,19)/p-1/t6?,7-,8-,9-,11+/m1/s1. The van der Waals surface area contributed by atoms with Gasteiger partial charge in [0, 0.05) is 0 Å². The van der Waals surface area contributed by atoms with Gasteiger partial charge in [-0.05, 0) is 12.8 Å². The van der Waals surface area contributed by atoms with Crippen molar-refractivity contribution in [3.8, 4) is 0 Å². The largest absolute Gasteiger partial charge is 0.790 e. The number of hydrogen-bond acceptors (Lipinski definition) is 8. The quantitative estimate of drug-likeness (QED) is 0.361. The van der Waals surface area contributed by atoms with E-state index in [1.807, 2.05) is 0 Å². The van der Waals surface area contributed by atoms with E-state index in [9.17, 15) is 29.4 Å². The smallest absolute Gasteiger partial charge is 0.226 e. The predicted octanol–water partition coefficient (Wildman–Crippen LogP) is -4.94. The second-order valence-electron chi connectivity index (χ2n) is 5.67. The number of nitrogens with one attached hydrogen (secondary N) is 1. The van der Waals surface area contributed by atoms with E-state index in [1.165, 1.54) is 0 Å². The molecule has 0 spiro atoms. The molecule has 128 valence electrons. The number of ether oxygens (including phenoxy) is 1. The summed E-state index contributed by atoms with van der Waals surface area (Å²) in [5, 5.41) is 19.9. The first-order valence-electron chi connectivity index (χ1n) is 7.01. The number of piperidine rings is 1. The number of quaternary nitrogens is 1. The third-order valence-electron chi connectivity index (χ3n) is 4.12. The number of carbonyl (C=O) groups is 1. The number of rotatable bonds is 5. The molecule has 2 aliphatic heterocycles. The van der Waals surface area contributed by atoms with Crippen LogP contribution < -0.4 is 20.4 Å². The predicted molar refractivity (Wildman–Crippen MR) is 66.8 cm³/mol. The number of hydrogen-bond donors (Lipinski definition) is 4. The highest BCUT2D eigenvalue weighted by Crippen LogP contribution is 2.28. The summed E-state index contributed by atoms with van der Waals surface area (Å²) in [4.78, 5) is 33.0. The molecule has 5 N–H and O–H groups in total. The first-order chi connectivity index (χ1) is 10.2. The van der Waals surface area contributed by atoms with Crippen molar-refractivity contribution in [3.63, 3.8) is 0 Å². The van der Waals surface area contributed by atoms with Crippen molar-refractivity contribution in [1.29, 1.82) is 0 Å². The van der Waals surface area contributed by atoms with Gasteiger partial charge in [-0.1, -0.05) is 0 Å². The Labute approximate surface area is 127 Å². The minimum atomic E-state index is -5.18. The number of aliphatic hydroxyl groups excluding tert-OH is 2. The maximum atomic E-state index is 11.3. The molecule has 0 saturated carbocycles. The molecule has 10 nitrogen and oxygen atoms in total. The molecule has 2 fully saturated rings.